The van der Waals surface area contributed by atoms with Gasteiger partial charge in [-0.15, -0.1) is 0 Å². The van der Waals surface area contributed by atoms with Crippen LogP contribution in [0.2, 0.25) is 0 Å². The van der Waals surface area contributed by atoms with Gasteiger partial charge in [-0.1, -0.05) is 35.9 Å². The quantitative estimate of drug-likeness (QED) is 0.322. The van der Waals surface area contributed by atoms with E-state index < -0.39 is 52.9 Å². The van der Waals surface area contributed by atoms with Crippen molar-refractivity contribution in [2.45, 2.75) is 37.1 Å². The molecule has 3 atom stereocenters. The number of ether oxygens (including phenoxy) is 3. The molecule has 0 bridgehead atoms. The van der Waals surface area contributed by atoms with E-state index in [2.05, 4.69) is 0 Å². The van der Waals surface area contributed by atoms with Crippen LogP contribution in [-0.2, 0) is 38.1 Å². The average Bonchev–Trinajstić information content (AvgIpc) is 2.78. The van der Waals surface area contributed by atoms with Gasteiger partial charge in [-0.25, -0.2) is 9.59 Å². The Morgan fingerprint density at radius 2 is 1.73 bits per heavy atom. The molecule has 1 aliphatic heterocycles. The van der Waals surface area contributed by atoms with Crippen LogP contribution >= 0.6 is 0 Å². The molecule has 1 aliphatic rings. The molecule has 0 spiro atoms. The third-order valence-electron chi connectivity index (χ3n) is 4.62. The Bertz CT molecular complexity index is 1140. The first-order valence-corrected chi connectivity index (χ1v) is 11.3. The molecule has 0 radical (unpaired) electrons. The molecule has 2 aromatic carbocycles. The molecule has 0 amide bonds. The summed E-state index contributed by atoms with van der Waals surface area (Å²) in [6.45, 7) is 2.42. The Balaban J connectivity index is 1.81. The lowest BCUT2D eigenvalue weighted by Crippen LogP contribution is -2.48. The van der Waals surface area contributed by atoms with Crippen molar-refractivity contribution < 1.29 is 41.2 Å². The summed E-state index contributed by atoms with van der Waals surface area (Å²) in [4.78, 5) is 35.7. The van der Waals surface area contributed by atoms with Crippen molar-refractivity contribution in [3.8, 4) is 0 Å². The van der Waals surface area contributed by atoms with E-state index in [1.165, 1.54) is 30.3 Å². The largest absolute Gasteiger partial charge is 0.458 e. The fraction of sp³-hybridized carbons (Fsp3) is 0.261. The van der Waals surface area contributed by atoms with Crippen molar-refractivity contribution in [1.82, 2.24) is 0 Å². The van der Waals surface area contributed by atoms with E-state index in [9.17, 15) is 22.8 Å². The highest BCUT2D eigenvalue weighted by Crippen LogP contribution is 2.24. The first-order chi connectivity index (χ1) is 15.7. The number of benzene rings is 2. The Kier molecular flexibility index (Phi) is 7.62. The van der Waals surface area contributed by atoms with Gasteiger partial charge in [0.15, 0.2) is 12.2 Å². The highest BCUT2D eigenvalue weighted by atomic mass is 32.2. The molecule has 0 aromatic heterocycles. The van der Waals surface area contributed by atoms with Crippen LogP contribution in [0.4, 0.5) is 0 Å². The maximum atomic E-state index is 12.7. The minimum absolute atomic E-state index is 0.100. The Morgan fingerprint density at radius 3 is 2.36 bits per heavy atom. The SMILES string of the molecule is CC(=O)O[C@H](COC(=O)c1ccccc1)[C@H]1OC(=O)C=C[C@H]1OS(=O)(=O)c1ccc(C)cc1. The number of esters is 3. The summed E-state index contributed by atoms with van der Waals surface area (Å²) < 4.78 is 46.4. The maximum Gasteiger partial charge on any atom is 0.338 e. The maximum absolute atomic E-state index is 12.7. The fourth-order valence-corrected chi connectivity index (χ4v) is 4.08. The van der Waals surface area contributed by atoms with E-state index in [1.807, 2.05) is 0 Å². The van der Waals surface area contributed by atoms with Crippen LogP contribution in [0, 0.1) is 6.92 Å². The van der Waals surface area contributed by atoms with E-state index >= 15 is 0 Å². The minimum atomic E-state index is -4.25. The van der Waals surface area contributed by atoms with Gasteiger partial charge in [0.2, 0.25) is 0 Å². The molecule has 3 rings (SSSR count). The van der Waals surface area contributed by atoms with Crippen molar-refractivity contribution in [3.05, 3.63) is 77.9 Å². The predicted molar refractivity (Wildman–Crippen MR) is 115 cm³/mol. The summed E-state index contributed by atoms with van der Waals surface area (Å²) in [6, 6.07) is 14.1. The van der Waals surface area contributed by atoms with Gasteiger partial charge in [0.25, 0.3) is 10.1 Å². The molecule has 1 heterocycles. The molecule has 0 fully saturated rings. The zero-order valence-electron chi connectivity index (χ0n) is 17.9. The van der Waals surface area contributed by atoms with Gasteiger partial charge in [-0.2, -0.15) is 8.42 Å². The Morgan fingerprint density at radius 1 is 1.06 bits per heavy atom. The number of cyclic esters (lactones) is 1. The second-order valence-corrected chi connectivity index (χ2v) is 8.77. The molecule has 174 valence electrons. The average molecular weight is 474 g/mol. The molecule has 0 saturated carbocycles. The van der Waals surface area contributed by atoms with Gasteiger partial charge in [-0.05, 0) is 37.3 Å². The number of carbonyl (C=O) groups excluding carboxylic acids is 3. The molecule has 0 N–H and O–H groups in total. The molecule has 33 heavy (non-hydrogen) atoms. The van der Waals surface area contributed by atoms with Gasteiger partial charge in [0.05, 0.1) is 10.5 Å². The third kappa shape index (κ3) is 6.50. The summed E-state index contributed by atoms with van der Waals surface area (Å²) in [5, 5.41) is 0. The fourth-order valence-electron chi connectivity index (χ4n) is 3.03. The molecule has 9 nitrogen and oxygen atoms in total. The second-order valence-electron chi connectivity index (χ2n) is 7.20. The first kappa shape index (κ1) is 24.1. The number of carbonyl (C=O) groups is 3. The standard InChI is InChI=1S/C23H22O9S/c1-15-8-10-18(11-9-15)33(27,28)32-19-12-13-21(25)31-22(19)20(30-16(2)24)14-29-23(26)17-6-4-3-5-7-17/h3-13,19-20,22H,14H2,1-2H3/t19-,20-,22+/m1/s1. The number of hydrogen-bond donors (Lipinski definition) is 0. The van der Waals surface area contributed by atoms with Crippen molar-refractivity contribution in [1.29, 1.82) is 0 Å². The molecule has 0 unspecified atom stereocenters. The first-order valence-electron chi connectivity index (χ1n) is 9.94. The van der Waals surface area contributed by atoms with Crippen LogP contribution in [0.25, 0.3) is 0 Å². The van der Waals surface area contributed by atoms with Crippen LogP contribution in [0.5, 0.6) is 0 Å². The second kappa shape index (κ2) is 10.4. The molecular weight excluding hydrogens is 452 g/mol. The van der Waals surface area contributed by atoms with Crippen LogP contribution in [-0.4, -0.2) is 51.2 Å². The summed E-state index contributed by atoms with van der Waals surface area (Å²) >= 11 is 0. The van der Waals surface area contributed by atoms with Crippen LogP contribution in [0.1, 0.15) is 22.8 Å². The van der Waals surface area contributed by atoms with Crippen molar-refractivity contribution in [2.75, 3.05) is 6.61 Å². The molecule has 0 saturated heterocycles. The zero-order chi connectivity index (χ0) is 24.0. The predicted octanol–water partition coefficient (Wildman–Crippen LogP) is 2.34. The minimum Gasteiger partial charge on any atom is -0.458 e. The van der Waals surface area contributed by atoms with Gasteiger partial charge < -0.3 is 14.2 Å². The van der Waals surface area contributed by atoms with Crippen molar-refractivity contribution in [3.63, 3.8) is 0 Å². The van der Waals surface area contributed by atoms with Gasteiger partial charge in [0, 0.05) is 13.0 Å². The number of rotatable bonds is 8. The molecule has 10 heteroatoms. The van der Waals surface area contributed by atoms with Crippen molar-refractivity contribution in [2.24, 2.45) is 0 Å². The lowest BCUT2D eigenvalue weighted by atomic mass is 10.1. The lowest BCUT2D eigenvalue weighted by Gasteiger charge is -2.32. The highest BCUT2D eigenvalue weighted by molar-refractivity contribution is 7.86. The number of aryl methyl sites for hydroxylation is 1. The van der Waals surface area contributed by atoms with Crippen LogP contribution in [0.3, 0.4) is 0 Å². The van der Waals surface area contributed by atoms with Gasteiger partial charge in [0.1, 0.15) is 12.7 Å². The summed E-state index contributed by atoms with van der Waals surface area (Å²) in [6.07, 6.45) is -1.82. The van der Waals surface area contributed by atoms with Gasteiger partial charge >= 0.3 is 17.9 Å². The monoisotopic (exact) mass is 474 g/mol. The lowest BCUT2D eigenvalue weighted by molar-refractivity contribution is -0.174. The summed E-state index contributed by atoms with van der Waals surface area (Å²) in [5.41, 5.74) is 1.11. The third-order valence-corrected chi connectivity index (χ3v) is 5.94. The summed E-state index contributed by atoms with van der Waals surface area (Å²) in [5.74, 6) is -2.24. The molecule has 2 aromatic rings. The Hall–Kier alpha value is -3.50. The Labute approximate surface area is 191 Å². The number of hydrogen-bond acceptors (Lipinski definition) is 9. The zero-order valence-corrected chi connectivity index (χ0v) is 18.7. The van der Waals surface area contributed by atoms with E-state index in [-0.39, 0.29) is 10.5 Å². The van der Waals surface area contributed by atoms with Crippen LogP contribution in [0.15, 0.2) is 71.6 Å². The molecule has 0 aliphatic carbocycles. The van der Waals surface area contributed by atoms with E-state index in [0.29, 0.717) is 0 Å². The van der Waals surface area contributed by atoms with E-state index in [1.54, 1.807) is 37.3 Å². The highest BCUT2D eigenvalue weighted by Gasteiger charge is 2.40. The topological polar surface area (TPSA) is 122 Å². The summed E-state index contributed by atoms with van der Waals surface area (Å²) in [7, 11) is -4.25. The van der Waals surface area contributed by atoms with Crippen LogP contribution < -0.4 is 0 Å². The van der Waals surface area contributed by atoms with E-state index in [0.717, 1.165) is 18.6 Å². The van der Waals surface area contributed by atoms with Crippen molar-refractivity contribution >= 4 is 28.0 Å². The van der Waals surface area contributed by atoms with E-state index in [4.69, 9.17) is 18.4 Å². The smallest absolute Gasteiger partial charge is 0.338 e. The normalized spacial score (nSPS) is 18.8. The molecular formula is C23H22O9S. The van der Waals surface area contributed by atoms with Gasteiger partial charge in [-0.3, -0.25) is 8.98 Å².